The smallest absolute Gasteiger partial charge is 0.342 e. The predicted octanol–water partition coefficient (Wildman–Crippen LogP) is 1.42. The monoisotopic (exact) mass is 410 g/mol. The van der Waals surface area contributed by atoms with Crippen LogP contribution in [0.4, 0.5) is 4.39 Å². The van der Waals surface area contributed by atoms with Crippen molar-refractivity contribution in [2.24, 2.45) is 0 Å². The number of nitrogens with zero attached hydrogens (tertiary/aromatic N) is 2. The lowest BCUT2D eigenvalue weighted by Gasteiger charge is -2.33. The molecule has 1 amide bonds. The van der Waals surface area contributed by atoms with E-state index in [2.05, 4.69) is 0 Å². The van der Waals surface area contributed by atoms with Crippen molar-refractivity contribution in [3.8, 4) is 0 Å². The largest absolute Gasteiger partial charge is 0.469 e. The third kappa shape index (κ3) is 4.23. The summed E-state index contributed by atoms with van der Waals surface area (Å²) < 4.78 is 49.4. The van der Waals surface area contributed by atoms with Crippen molar-refractivity contribution in [1.29, 1.82) is 0 Å². The van der Waals surface area contributed by atoms with Gasteiger partial charge in [0, 0.05) is 26.2 Å². The van der Waals surface area contributed by atoms with Gasteiger partial charge < -0.3 is 14.1 Å². The van der Waals surface area contributed by atoms with E-state index in [1.807, 2.05) is 0 Å². The second-order valence-electron chi connectivity index (χ2n) is 6.21. The first kappa shape index (κ1) is 20.0. The SMILES string of the molecule is Cc1occc1C(=O)OCC(=O)N1CCN(S(=O)(=O)c2ccc(F)cc2)CC1. The Morgan fingerprint density at radius 1 is 1.11 bits per heavy atom. The summed E-state index contributed by atoms with van der Waals surface area (Å²) in [6.45, 7) is 1.71. The van der Waals surface area contributed by atoms with Gasteiger partial charge in [0.25, 0.3) is 5.91 Å². The molecule has 0 bridgehead atoms. The topological polar surface area (TPSA) is 97.1 Å². The number of esters is 1. The molecule has 0 aliphatic carbocycles. The molecule has 1 aromatic heterocycles. The van der Waals surface area contributed by atoms with E-state index < -0.39 is 34.3 Å². The number of hydrogen-bond acceptors (Lipinski definition) is 6. The zero-order valence-corrected chi connectivity index (χ0v) is 15.9. The summed E-state index contributed by atoms with van der Waals surface area (Å²) in [4.78, 5) is 25.6. The number of carbonyl (C=O) groups is 2. The van der Waals surface area contributed by atoms with Crippen molar-refractivity contribution in [1.82, 2.24) is 9.21 Å². The van der Waals surface area contributed by atoms with Crippen molar-refractivity contribution < 1.29 is 31.6 Å². The molecular formula is C18H19FN2O6S. The van der Waals surface area contributed by atoms with E-state index in [1.165, 1.54) is 33.7 Å². The number of halogens is 1. The number of ether oxygens (including phenoxy) is 1. The van der Waals surface area contributed by atoms with Gasteiger partial charge in [0.2, 0.25) is 10.0 Å². The van der Waals surface area contributed by atoms with Crippen LogP contribution in [0.3, 0.4) is 0 Å². The first-order valence-electron chi connectivity index (χ1n) is 8.54. The van der Waals surface area contributed by atoms with Gasteiger partial charge in [-0.3, -0.25) is 4.79 Å². The Kier molecular flexibility index (Phi) is 5.80. The molecule has 1 saturated heterocycles. The Morgan fingerprint density at radius 3 is 2.32 bits per heavy atom. The van der Waals surface area contributed by atoms with Crippen molar-refractivity contribution in [3.63, 3.8) is 0 Å². The Hall–Kier alpha value is -2.72. The van der Waals surface area contributed by atoms with Gasteiger partial charge in [0.05, 0.1) is 11.2 Å². The van der Waals surface area contributed by atoms with Crippen LogP contribution in [0.15, 0.2) is 45.9 Å². The van der Waals surface area contributed by atoms with E-state index in [-0.39, 0.29) is 36.6 Å². The lowest BCUT2D eigenvalue weighted by atomic mass is 10.3. The molecule has 2 heterocycles. The van der Waals surface area contributed by atoms with Gasteiger partial charge in [-0.1, -0.05) is 0 Å². The molecule has 3 rings (SSSR count). The second kappa shape index (κ2) is 8.11. The fraction of sp³-hybridized carbons (Fsp3) is 0.333. The van der Waals surface area contributed by atoms with Crippen LogP contribution in [0.1, 0.15) is 16.1 Å². The van der Waals surface area contributed by atoms with E-state index >= 15 is 0 Å². The number of aryl methyl sites for hydroxylation is 1. The first-order valence-corrected chi connectivity index (χ1v) is 9.98. The molecule has 0 saturated carbocycles. The van der Waals surface area contributed by atoms with E-state index in [4.69, 9.17) is 9.15 Å². The predicted molar refractivity (Wildman–Crippen MR) is 95.5 cm³/mol. The van der Waals surface area contributed by atoms with Crippen molar-refractivity contribution in [2.45, 2.75) is 11.8 Å². The first-order chi connectivity index (χ1) is 13.3. The second-order valence-corrected chi connectivity index (χ2v) is 8.14. The number of piperazine rings is 1. The van der Waals surface area contributed by atoms with Gasteiger partial charge >= 0.3 is 5.97 Å². The van der Waals surface area contributed by atoms with Crippen molar-refractivity contribution in [3.05, 3.63) is 53.7 Å². The Morgan fingerprint density at radius 2 is 1.75 bits per heavy atom. The molecule has 1 aliphatic heterocycles. The highest BCUT2D eigenvalue weighted by molar-refractivity contribution is 7.89. The summed E-state index contributed by atoms with van der Waals surface area (Å²) in [5, 5.41) is 0. The quantitative estimate of drug-likeness (QED) is 0.692. The standard InChI is InChI=1S/C18H19FN2O6S/c1-13-16(6-11-26-13)18(23)27-12-17(22)20-7-9-21(10-8-20)28(24,25)15-4-2-14(19)3-5-15/h2-6,11H,7-10,12H2,1H3. The Bertz CT molecular complexity index is 962. The van der Waals surface area contributed by atoms with Crippen LogP contribution in [-0.2, 0) is 19.6 Å². The van der Waals surface area contributed by atoms with Crippen LogP contribution >= 0.6 is 0 Å². The van der Waals surface area contributed by atoms with E-state index in [9.17, 15) is 22.4 Å². The summed E-state index contributed by atoms with van der Waals surface area (Å²) in [6, 6.07) is 6.05. The summed E-state index contributed by atoms with van der Waals surface area (Å²) in [5.41, 5.74) is 0.253. The van der Waals surface area contributed by atoms with Crippen molar-refractivity contribution >= 4 is 21.9 Å². The number of sulfonamides is 1. The van der Waals surface area contributed by atoms with Crippen LogP contribution in [0.25, 0.3) is 0 Å². The maximum absolute atomic E-state index is 13.0. The molecule has 1 fully saturated rings. The van der Waals surface area contributed by atoms with Crippen LogP contribution in [0, 0.1) is 12.7 Å². The Labute approximate surface area is 161 Å². The average molecular weight is 410 g/mol. The van der Waals surface area contributed by atoms with Gasteiger partial charge in [-0.25, -0.2) is 17.6 Å². The number of furan rings is 1. The molecule has 2 aromatic rings. The highest BCUT2D eigenvalue weighted by Gasteiger charge is 2.30. The molecule has 0 N–H and O–H groups in total. The van der Waals surface area contributed by atoms with E-state index in [0.29, 0.717) is 5.76 Å². The molecule has 0 spiro atoms. The van der Waals surface area contributed by atoms with Crippen LogP contribution < -0.4 is 0 Å². The Balaban J connectivity index is 1.53. The summed E-state index contributed by atoms with van der Waals surface area (Å²) in [6.07, 6.45) is 1.36. The molecular weight excluding hydrogens is 391 g/mol. The average Bonchev–Trinajstić information content (AvgIpc) is 3.12. The number of amides is 1. The summed E-state index contributed by atoms with van der Waals surface area (Å²) >= 11 is 0. The summed E-state index contributed by atoms with van der Waals surface area (Å²) in [5.74, 6) is -1.18. The normalized spacial score (nSPS) is 15.4. The zero-order valence-electron chi connectivity index (χ0n) is 15.1. The fourth-order valence-corrected chi connectivity index (χ4v) is 4.25. The molecule has 10 heteroatoms. The molecule has 8 nitrogen and oxygen atoms in total. The van der Waals surface area contributed by atoms with Crippen LogP contribution in [0.5, 0.6) is 0 Å². The molecule has 1 aliphatic rings. The maximum atomic E-state index is 13.0. The molecule has 0 radical (unpaired) electrons. The van der Waals surface area contributed by atoms with Gasteiger partial charge in [0.15, 0.2) is 6.61 Å². The lowest BCUT2D eigenvalue weighted by molar-refractivity contribution is -0.135. The highest BCUT2D eigenvalue weighted by atomic mass is 32.2. The zero-order chi connectivity index (χ0) is 20.3. The number of hydrogen-bond donors (Lipinski definition) is 0. The van der Waals surface area contributed by atoms with Gasteiger partial charge in [-0.15, -0.1) is 0 Å². The molecule has 150 valence electrons. The number of rotatable bonds is 5. The maximum Gasteiger partial charge on any atom is 0.342 e. The number of benzene rings is 1. The third-order valence-electron chi connectivity index (χ3n) is 4.45. The molecule has 1 aromatic carbocycles. The highest BCUT2D eigenvalue weighted by Crippen LogP contribution is 2.18. The number of carbonyl (C=O) groups excluding carboxylic acids is 2. The van der Waals surface area contributed by atoms with E-state index in [0.717, 1.165) is 12.1 Å². The van der Waals surface area contributed by atoms with E-state index in [1.54, 1.807) is 6.92 Å². The van der Waals surface area contributed by atoms with Gasteiger partial charge in [-0.2, -0.15) is 4.31 Å². The van der Waals surface area contributed by atoms with Gasteiger partial charge in [0.1, 0.15) is 17.1 Å². The van der Waals surface area contributed by atoms with Crippen molar-refractivity contribution in [2.75, 3.05) is 32.8 Å². The van der Waals surface area contributed by atoms with Gasteiger partial charge in [-0.05, 0) is 37.3 Å². The minimum atomic E-state index is -3.76. The minimum absolute atomic E-state index is 0.00177. The molecule has 0 atom stereocenters. The van der Waals surface area contributed by atoms with Crippen LogP contribution in [-0.4, -0.2) is 62.3 Å². The molecule has 28 heavy (non-hydrogen) atoms. The summed E-state index contributed by atoms with van der Waals surface area (Å²) in [7, 11) is -3.76. The van der Waals surface area contributed by atoms with Crippen LogP contribution in [0.2, 0.25) is 0 Å². The minimum Gasteiger partial charge on any atom is -0.469 e. The third-order valence-corrected chi connectivity index (χ3v) is 6.36. The fourth-order valence-electron chi connectivity index (χ4n) is 2.83. The lowest BCUT2D eigenvalue weighted by Crippen LogP contribution is -2.51. The molecule has 0 unspecified atom stereocenters.